The molecule has 10 N–H and O–H groups in total. The molecule has 0 aliphatic rings. The summed E-state index contributed by atoms with van der Waals surface area (Å²) in [7, 11) is 0. The first-order valence-electron chi connectivity index (χ1n) is 7.40. The van der Waals surface area contributed by atoms with Crippen molar-refractivity contribution in [2.24, 2.45) is 11.5 Å². The van der Waals surface area contributed by atoms with Gasteiger partial charge in [-0.05, 0) is 6.42 Å². The lowest BCUT2D eigenvalue weighted by Gasteiger charge is -2.01. The number of hydrogen-bond acceptors (Lipinski definition) is 10. The van der Waals surface area contributed by atoms with Gasteiger partial charge in [-0.2, -0.15) is 0 Å². The van der Waals surface area contributed by atoms with E-state index in [4.69, 9.17) is 46.0 Å². The van der Waals surface area contributed by atoms with E-state index in [0.717, 1.165) is 0 Å². The highest BCUT2D eigenvalue weighted by Crippen LogP contribution is 1.93. The van der Waals surface area contributed by atoms with E-state index >= 15 is 0 Å². The number of nitrogens with two attached hydrogens (primary N) is 2. The molecule has 16 heteroatoms. The lowest BCUT2D eigenvalue weighted by molar-refractivity contribution is -0.150. The van der Waals surface area contributed by atoms with Crippen molar-refractivity contribution in [2.75, 3.05) is 6.54 Å². The van der Waals surface area contributed by atoms with E-state index in [-0.39, 0.29) is 25.7 Å². The molecule has 0 rings (SSSR count). The molecular formula is C14H22N2O14. The van der Waals surface area contributed by atoms with Gasteiger partial charge in [-0.3, -0.25) is 28.8 Å². The number of aldehydes is 1. The molecule has 0 fully saturated rings. The van der Waals surface area contributed by atoms with Gasteiger partial charge in [0, 0.05) is 12.8 Å². The number of Topliss-reactive ketones (excluding diaryl/α,β-unsaturated/α-hetero) is 1. The maximum atomic E-state index is 10.2. The zero-order valence-electron chi connectivity index (χ0n) is 15.3. The van der Waals surface area contributed by atoms with Gasteiger partial charge < -0.3 is 42.1 Å². The third-order valence-corrected chi connectivity index (χ3v) is 2.07. The summed E-state index contributed by atoms with van der Waals surface area (Å²) in [5.41, 5.74) is 9.57. The molecule has 0 bridgehead atoms. The highest BCUT2D eigenvalue weighted by atomic mass is 16.4. The Morgan fingerprint density at radius 2 is 1.10 bits per heavy atom. The molecule has 30 heavy (non-hydrogen) atoms. The second-order valence-corrected chi connectivity index (χ2v) is 4.55. The summed E-state index contributed by atoms with van der Waals surface area (Å²) in [4.78, 5) is 76.8. The lowest BCUT2D eigenvalue weighted by atomic mass is 10.2. The van der Waals surface area contributed by atoms with Gasteiger partial charge in [0.15, 0.2) is 0 Å². The Labute approximate surface area is 167 Å². The van der Waals surface area contributed by atoms with E-state index in [2.05, 4.69) is 5.73 Å². The molecule has 0 aliphatic carbocycles. The van der Waals surface area contributed by atoms with Crippen LogP contribution in [-0.2, 0) is 38.4 Å². The van der Waals surface area contributed by atoms with Crippen molar-refractivity contribution in [3.05, 3.63) is 0 Å². The van der Waals surface area contributed by atoms with Crippen molar-refractivity contribution < 1.29 is 69.0 Å². The number of rotatable bonds is 10. The van der Waals surface area contributed by atoms with Crippen LogP contribution in [0.15, 0.2) is 0 Å². The van der Waals surface area contributed by atoms with Crippen molar-refractivity contribution >= 4 is 47.9 Å². The number of carboxylic acid groups (broad SMARTS) is 6. The topological polar surface area (TPSA) is 310 Å². The Morgan fingerprint density at radius 1 is 0.733 bits per heavy atom. The van der Waals surface area contributed by atoms with E-state index < -0.39 is 60.5 Å². The Bertz CT molecular complexity index is 616. The molecule has 0 heterocycles. The highest BCUT2D eigenvalue weighted by Gasteiger charge is 2.12. The fraction of sp³-hybridized carbons (Fsp3) is 0.429. The quantitative estimate of drug-likeness (QED) is 0.124. The zero-order chi connectivity index (χ0) is 24.9. The number of carbonyl (C=O) groups excluding carboxylic acids is 2. The molecule has 0 saturated carbocycles. The zero-order valence-corrected chi connectivity index (χ0v) is 15.3. The van der Waals surface area contributed by atoms with E-state index in [0.29, 0.717) is 0 Å². The van der Waals surface area contributed by atoms with Gasteiger partial charge in [0.2, 0.25) is 12.1 Å². The smallest absolute Gasteiger partial charge is 0.372 e. The first-order valence-corrected chi connectivity index (χ1v) is 7.40. The van der Waals surface area contributed by atoms with Gasteiger partial charge in [0.25, 0.3) is 0 Å². The number of hydrogen-bond donors (Lipinski definition) is 8. The van der Waals surface area contributed by atoms with Crippen LogP contribution in [0.4, 0.5) is 0 Å². The number of carbonyl (C=O) groups is 8. The van der Waals surface area contributed by atoms with Gasteiger partial charge in [0.05, 0.1) is 13.0 Å². The second-order valence-electron chi connectivity index (χ2n) is 4.55. The van der Waals surface area contributed by atoms with Gasteiger partial charge >= 0.3 is 35.8 Å². The standard InChI is InChI=1S/C5H9NO4.C5H6O5.C2H5NO2.C2H2O3/c2*6-3(5(9)10)1-2-4(7)8;2*3-1-2(4)5/h3H,1-2,6H2,(H,7,8)(H,9,10);1-2H2,(H,7,8)(H,9,10);1,3H2,(H,4,5);1H,(H,4,5)/t3-;;;/m0.../s1. The molecule has 0 amide bonds. The summed E-state index contributed by atoms with van der Waals surface area (Å²) in [5, 5.41) is 47.2. The van der Waals surface area contributed by atoms with E-state index in [9.17, 15) is 28.8 Å². The molecule has 0 spiro atoms. The van der Waals surface area contributed by atoms with Crippen LogP contribution in [0.3, 0.4) is 0 Å². The van der Waals surface area contributed by atoms with Crippen molar-refractivity contribution in [3.63, 3.8) is 0 Å². The molecule has 0 aromatic rings. The van der Waals surface area contributed by atoms with Gasteiger partial charge in [0.1, 0.15) is 6.04 Å². The van der Waals surface area contributed by atoms with Crippen molar-refractivity contribution in [3.8, 4) is 0 Å². The minimum absolute atomic E-state index is 0.0231. The van der Waals surface area contributed by atoms with Crippen molar-refractivity contribution in [1.82, 2.24) is 0 Å². The van der Waals surface area contributed by atoms with Crippen LogP contribution < -0.4 is 11.5 Å². The monoisotopic (exact) mass is 442 g/mol. The summed E-state index contributed by atoms with van der Waals surface area (Å²) < 4.78 is 0. The first kappa shape index (κ1) is 33.6. The van der Waals surface area contributed by atoms with Crippen LogP contribution in [0.25, 0.3) is 0 Å². The van der Waals surface area contributed by atoms with E-state index in [1.165, 1.54) is 0 Å². The summed E-state index contributed by atoms with van der Waals surface area (Å²) in [6, 6.07) is -1.06. The molecule has 1 atom stereocenters. The predicted molar refractivity (Wildman–Crippen MR) is 92.4 cm³/mol. The molecule has 172 valence electrons. The van der Waals surface area contributed by atoms with Crippen molar-refractivity contribution in [2.45, 2.75) is 31.7 Å². The molecule has 0 aliphatic heterocycles. The van der Waals surface area contributed by atoms with Crippen LogP contribution in [0.2, 0.25) is 0 Å². The van der Waals surface area contributed by atoms with Gasteiger partial charge in [-0.1, -0.05) is 0 Å². The fourth-order valence-corrected chi connectivity index (χ4v) is 0.730. The van der Waals surface area contributed by atoms with Crippen LogP contribution in [0, 0.1) is 0 Å². The molecule has 0 unspecified atom stereocenters. The van der Waals surface area contributed by atoms with Gasteiger partial charge in [-0.25, -0.2) is 9.59 Å². The SMILES string of the molecule is NCC(=O)O.N[C@@H](CCC(=O)O)C(=O)O.O=C(O)CCC(=O)C(=O)O.O=CC(=O)O. The third-order valence-electron chi connectivity index (χ3n) is 2.07. The predicted octanol–water partition coefficient (Wildman–Crippen LogP) is -2.93. The Balaban J connectivity index is -0.000000159. The average molecular weight is 442 g/mol. The molecular weight excluding hydrogens is 420 g/mol. The number of ketones is 1. The molecule has 16 nitrogen and oxygen atoms in total. The van der Waals surface area contributed by atoms with E-state index in [1.807, 2.05) is 0 Å². The molecule has 0 aromatic carbocycles. The maximum absolute atomic E-state index is 10.2. The minimum Gasteiger partial charge on any atom is -0.481 e. The molecule has 0 saturated heterocycles. The Kier molecular flexibility index (Phi) is 24.0. The second kappa shape index (κ2) is 21.4. The molecule has 0 aromatic heterocycles. The van der Waals surface area contributed by atoms with E-state index in [1.54, 1.807) is 0 Å². The summed E-state index contributed by atoms with van der Waals surface area (Å²) in [5.74, 6) is -8.41. The van der Waals surface area contributed by atoms with Crippen molar-refractivity contribution in [1.29, 1.82) is 0 Å². The van der Waals surface area contributed by atoms with Crippen LogP contribution in [0.1, 0.15) is 25.7 Å². The summed E-state index contributed by atoms with van der Waals surface area (Å²) in [6.07, 6.45) is -1.26. The summed E-state index contributed by atoms with van der Waals surface area (Å²) >= 11 is 0. The normalized spacial score (nSPS) is 9.40. The highest BCUT2D eigenvalue weighted by molar-refractivity contribution is 6.32. The average Bonchev–Trinajstić information content (AvgIpc) is 2.64. The largest absolute Gasteiger partial charge is 0.481 e. The third kappa shape index (κ3) is 39.2. The molecule has 0 radical (unpaired) electrons. The fourth-order valence-electron chi connectivity index (χ4n) is 0.730. The Morgan fingerprint density at radius 3 is 1.30 bits per heavy atom. The Hall–Kier alpha value is -3.92. The lowest BCUT2D eigenvalue weighted by Crippen LogP contribution is -2.30. The number of carboxylic acids is 6. The van der Waals surface area contributed by atoms with Crippen LogP contribution >= 0.6 is 0 Å². The first-order chi connectivity index (χ1) is 13.6. The maximum Gasteiger partial charge on any atom is 0.372 e. The van der Waals surface area contributed by atoms with Crippen LogP contribution in [0.5, 0.6) is 0 Å². The summed E-state index contributed by atoms with van der Waals surface area (Å²) in [6.45, 7) is -0.278. The number of aliphatic carboxylic acids is 6. The van der Waals surface area contributed by atoms with Crippen LogP contribution in [-0.4, -0.2) is 91.1 Å². The minimum atomic E-state index is -1.58. The van der Waals surface area contributed by atoms with Gasteiger partial charge in [-0.15, -0.1) is 0 Å².